The topological polar surface area (TPSA) is 72.3 Å². The van der Waals surface area contributed by atoms with Gasteiger partial charge in [0.15, 0.2) is 5.82 Å². The molecular formula is C68H56N6. The molecule has 358 valence electrons. The van der Waals surface area contributed by atoms with E-state index in [2.05, 4.69) is 233 Å². The molecule has 0 amide bonds. The van der Waals surface area contributed by atoms with Crippen LogP contribution in [-0.2, 0) is 0 Å². The molecular weight excluding hydrogens is 901 g/mol. The van der Waals surface area contributed by atoms with Gasteiger partial charge < -0.3 is 9.13 Å². The summed E-state index contributed by atoms with van der Waals surface area (Å²) in [5, 5.41) is 16.5. The molecule has 3 aromatic heterocycles. The Kier molecular flexibility index (Phi) is 11.0. The number of aromatic nitrogens is 5. The maximum atomic E-state index is 12.1. The molecule has 3 heterocycles. The molecule has 6 nitrogen and oxygen atoms in total. The molecule has 0 bridgehead atoms. The largest absolute Gasteiger partial charge is 0.308 e. The third-order valence-electron chi connectivity index (χ3n) is 15.1. The number of benzene rings is 9. The highest BCUT2D eigenvalue weighted by Gasteiger charge is 2.25. The van der Waals surface area contributed by atoms with Crippen molar-refractivity contribution in [3.8, 4) is 73.3 Å². The molecule has 0 aliphatic rings. The van der Waals surface area contributed by atoms with E-state index in [1.165, 1.54) is 66.8 Å². The zero-order valence-electron chi connectivity index (χ0n) is 43.7. The van der Waals surface area contributed by atoms with Crippen molar-refractivity contribution >= 4 is 43.6 Å². The van der Waals surface area contributed by atoms with Crippen LogP contribution >= 0.6 is 0 Å². The van der Waals surface area contributed by atoms with Crippen LogP contribution in [0.15, 0.2) is 158 Å². The first-order valence-corrected chi connectivity index (χ1v) is 25.5. The second kappa shape index (κ2) is 17.7. The van der Waals surface area contributed by atoms with E-state index in [-0.39, 0.29) is 0 Å². The SMILES string of the molecule is Cc1ccc(-c2ccc3c4ccc(-c5ccc(C)cc5C)cc4n(-c4cc(-c5nc(C)nc(C)n5)cc(-n5c6cc(-c7ccc(C)cc7C)ccc6c6ccc(-c7ccc(C)cc7C)cc65)c4C#N)c3c2)c(C)c1. The molecule has 0 aliphatic carbocycles. The van der Waals surface area contributed by atoms with Crippen LogP contribution in [0, 0.1) is 80.6 Å². The summed E-state index contributed by atoms with van der Waals surface area (Å²) >= 11 is 0. The summed E-state index contributed by atoms with van der Waals surface area (Å²) < 4.78 is 4.65. The van der Waals surface area contributed by atoms with Crippen molar-refractivity contribution in [2.75, 3.05) is 0 Å². The fourth-order valence-corrected chi connectivity index (χ4v) is 11.7. The zero-order valence-corrected chi connectivity index (χ0v) is 43.7. The second-order valence-electron chi connectivity index (χ2n) is 20.6. The van der Waals surface area contributed by atoms with E-state index in [0.29, 0.717) is 23.0 Å². The van der Waals surface area contributed by atoms with Crippen LogP contribution < -0.4 is 0 Å². The summed E-state index contributed by atoms with van der Waals surface area (Å²) in [6.45, 7) is 21.1. The predicted octanol–water partition coefficient (Wildman–Crippen LogP) is 17.4. The molecule has 0 unspecified atom stereocenters. The van der Waals surface area contributed by atoms with Crippen molar-refractivity contribution in [3.05, 3.63) is 219 Å². The highest BCUT2D eigenvalue weighted by molar-refractivity contribution is 6.13. The predicted molar refractivity (Wildman–Crippen MR) is 308 cm³/mol. The Morgan fingerprint density at radius 2 is 0.622 bits per heavy atom. The zero-order chi connectivity index (χ0) is 51.3. The van der Waals surface area contributed by atoms with Crippen LogP contribution in [0.1, 0.15) is 61.7 Å². The molecule has 0 fully saturated rings. The fourth-order valence-electron chi connectivity index (χ4n) is 11.7. The van der Waals surface area contributed by atoms with Crippen molar-refractivity contribution in [3.63, 3.8) is 0 Å². The highest BCUT2D eigenvalue weighted by atomic mass is 15.0. The van der Waals surface area contributed by atoms with Crippen LogP contribution in [0.25, 0.3) is 111 Å². The first-order valence-electron chi connectivity index (χ1n) is 25.5. The van der Waals surface area contributed by atoms with Gasteiger partial charge in [-0.1, -0.05) is 144 Å². The van der Waals surface area contributed by atoms with Gasteiger partial charge >= 0.3 is 0 Å². The van der Waals surface area contributed by atoms with Gasteiger partial charge in [-0.05, 0) is 172 Å². The molecule has 9 aromatic carbocycles. The molecule has 0 saturated carbocycles. The average Bonchev–Trinajstić information content (AvgIpc) is 3.86. The summed E-state index contributed by atoms with van der Waals surface area (Å²) in [4.78, 5) is 14.6. The van der Waals surface area contributed by atoms with E-state index in [4.69, 9.17) is 9.97 Å². The number of fused-ring (bicyclic) bond motifs is 6. The van der Waals surface area contributed by atoms with Crippen molar-refractivity contribution in [1.82, 2.24) is 24.1 Å². The Hall–Kier alpha value is -8.92. The van der Waals surface area contributed by atoms with Crippen LogP contribution in [0.2, 0.25) is 0 Å². The number of nitriles is 1. The number of rotatable bonds is 7. The highest BCUT2D eigenvalue weighted by Crippen LogP contribution is 2.44. The van der Waals surface area contributed by atoms with Gasteiger partial charge in [0.05, 0.1) is 33.4 Å². The van der Waals surface area contributed by atoms with Gasteiger partial charge in [0.2, 0.25) is 0 Å². The van der Waals surface area contributed by atoms with E-state index in [1.54, 1.807) is 0 Å². The lowest BCUT2D eigenvalue weighted by Gasteiger charge is -2.19. The van der Waals surface area contributed by atoms with Gasteiger partial charge in [-0.2, -0.15) is 5.26 Å². The standard InChI is InChI=1S/C68H56N6/c1-38-11-19-53(42(5)27-38)48-15-23-57-58-24-16-49(54-20-12-39(2)28-43(54)6)32-63(58)73(62(57)31-48)66-35-52(68-71-46(9)70-47(10)72-68)36-67(61(66)37-69)74-64-33-50(55-21-13-40(3)29-44(55)7)17-25-59(64)60-26-18-51(34-65(60)74)56-22-14-41(4)30-45(56)8/h11-36H,1-10H3. The number of hydrogen-bond donors (Lipinski definition) is 0. The molecule has 0 radical (unpaired) electrons. The average molecular weight is 957 g/mol. The monoisotopic (exact) mass is 956 g/mol. The Morgan fingerprint density at radius 1 is 0.324 bits per heavy atom. The van der Waals surface area contributed by atoms with Crippen molar-refractivity contribution in [2.45, 2.75) is 69.2 Å². The quantitative estimate of drug-likeness (QED) is 0.160. The summed E-state index contributed by atoms with van der Waals surface area (Å²) in [6, 6.07) is 60.9. The first-order chi connectivity index (χ1) is 35.7. The maximum Gasteiger partial charge on any atom is 0.163 e. The summed E-state index contributed by atoms with van der Waals surface area (Å²) in [6.07, 6.45) is 0. The minimum atomic E-state index is 0.525. The summed E-state index contributed by atoms with van der Waals surface area (Å²) in [5.41, 5.74) is 25.5. The van der Waals surface area contributed by atoms with E-state index >= 15 is 0 Å². The Morgan fingerprint density at radius 3 is 0.892 bits per heavy atom. The Labute approximate surface area is 432 Å². The van der Waals surface area contributed by atoms with Gasteiger partial charge in [-0.3, -0.25) is 0 Å². The maximum absolute atomic E-state index is 12.1. The van der Waals surface area contributed by atoms with Gasteiger partial charge in [0, 0.05) is 27.1 Å². The molecule has 74 heavy (non-hydrogen) atoms. The lowest BCUT2D eigenvalue weighted by atomic mass is 9.96. The summed E-state index contributed by atoms with van der Waals surface area (Å²) in [7, 11) is 0. The Bertz CT molecular complexity index is 3900. The van der Waals surface area contributed by atoms with Crippen LogP contribution in [0.4, 0.5) is 0 Å². The minimum absolute atomic E-state index is 0.525. The molecule has 0 aliphatic heterocycles. The summed E-state index contributed by atoms with van der Waals surface area (Å²) in [5.74, 6) is 1.80. The third kappa shape index (κ3) is 7.75. The fraction of sp³-hybridized carbons (Fsp3) is 0.147. The van der Waals surface area contributed by atoms with Gasteiger partial charge in [-0.15, -0.1) is 0 Å². The van der Waals surface area contributed by atoms with Gasteiger partial charge in [0.25, 0.3) is 0 Å². The van der Waals surface area contributed by atoms with E-state index in [0.717, 1.165) is 82.8 Å². The molecule has 0 spiro atoms. The van der Waals surface area contributed by atoms with Crippen molar-refractivity contribution in [1.29, 1.82) is 5.26 Å². The molecule has 0 N–H and O–H groups in total. The minimum Gasteiger partial charge on any atom is -0.308 e. The normalized spacial score (nSPS) is 11.6. The molecule has 0 saturated heterocycles. The van der Waals surface area contributed by atoms with Crippen LogP contribution in [0.5, 0.6) is 0 Å². The Balaban J connectivity index is 1.24. The van der Waals surface area contributed by atoms with Crippen LogP contribution in [0.3, 0.4) is 0 Å². The molecule has 6 heteroatoms. The van der Waals surface area contributed by atoms with Gasteiger partial charge in [-0.25, -0.2) is 15.0 Å². The number of nitrogens with zero attached hydrogens (tertiary/aromatic N) is 6. The van der Waals surface area contributed by atoms with Crippen molar-refractivity contribution in [2.24, 2.45) is 0 Å². The van der Waals surface area contributed by atoms with Crippen molar-refractivity contribution < 1.29 is 0 Å². The third-order valence-corrected chi connectivity index (χ3v) is 15.1. The lowest BCUT2D eigenvalue weighted by molar-refractivity contribution is 0.927. The van der Waals surface area contributed by atoms with E-state index in [1.807, 2.05) is 13.8 Å². The number of aryl methyl sites for hydroxylation is 10. The second-order valence-corrected chi connectivity index (χ2v) is 20.6. The first kappa shape index (κ1) is 46.2. The van der Waals surface area contributed by atoms with Crippen LogP contribution in [-0.4, -0.2) is 24.1 Å². The van der Waals surface area contributed by atoms with E-state index < -0.39 is 0 Å². The molecule has 12 rings (SSSR count). The molecule has 0 atom stereocenters. The van der Waals surface area contributed by atoms with E-state index in [9.17, 15) is 5.26 Å². The lowest BCUT2D eigenvalue weighted by Crippen LogP contribution is -2.07. The van der Waals surface area contributed by atoms with Gasteiger partial charge in [0.1, 0.15) is 23.3 Å². The number of hydrogen-bond acceptors (Lipinski definition) is 4. The smallest absolute Gasteiger partial charge is 0.163 e. The molecule has 12 aromatic rings.